The van der Waals surface area contributed by atoms with Crippen LogP contribution in [0.1, 0.15) is 6.92 Å². The van der Waals surface area contributed by atoms with Crippen molar-refractivity contribution in [3.8, 4) is 11.4 Å². The average molecular weight is 380 g/mol. The third-order valence-electron chi connectivity index (χ3n) is 2.88. The molecule has 0 bridgehead atoms. The molecule has 2 rings (SSSR count). The van der Waals surface area contributed by atoms with Crippen LogP contribution in [0.5, 0.6) is 0 Å². The van der Waals surface area contributed by atoms with Gasteiger partial charge in [0.05, 0.1) is 5.25 Å². The number of alkyl halides is 3. The first kappa shape index (κ1) is 18.4. The fourth-order valence-corrected chi connectivity index (χ4v) is 2.62. The lowest BCUT2D eigenvalue weighted by Gasteiger charge is -2.12. The normalized spacial score (nSPS) is 12.9. The number of carbonyl (C=O) groups is 1. The molecular weight excluding hydrogens is 367 g/mol. The Morgan fingerprint density at radius 3 is 2.58 bits per heavy atom. The van der Waals surface area contributed by atoms with E-state index in [2.05, 4.69) is 10.2 Å². The van der Waals surface area contributed by atoms with Gasteiger partial charge in [-0.1, -0.05) is 23.4 Å². The number of halogens is 4. The number of nitrogens with one attached hydrogen (secondary N) is 1. The molecule has 1 heterocycles. The van der Waals surface area contributed by atoms with E-state index in [1.54, 1.807) is 24.3 Å². The Labute approximate surface area is 144 Å². The van der Waals surface area contributed by atoms with Crippen LogP contribution in [-0.4, -0.2) is 38.8 Å². The van der Waals surface area contributed by atoms with Crippen molar-refractivity contribution >= 4 is 29.3 Å². The van der Waals surface area contributed by atoms with Crippen LogP contribution < -0.4 is 11.2 Å². The summed E-state index contributed by atoms with van der Waals surface area (Å²) in [5, 5.41) is 9.52. The first-order chi connectivity index (χ1) is 11.2. The molecule has 0 spiro atoms. The molecule has 2 aromatic rings. The van der Waals surface area contributed by atoms with Crippen LogP contribution in [0.4, 0.5) is 13.2 Å². The highest BCUT2D eigenvalue weighted by atomic mass is 35.5. The number of aromatic nitrogens is 3. The number of amides is 1. The van der Waals surface area contributed by atoms with Crippen molar-refractivity contribution in [1.29, 1.82) is 0 Å². The maximum atomic E-state index is 12.1. The van der Waals surface area contributed by atoms with Crippen molar-refractivity contribution in [3.63, 3.8) is 0 Å². The number of nitrogens with two attached hydrogens (primary N) is 1. The Kier molecular flexibility index (Phi) is 5.60. The smallest absolute Gasteiger partial charge is 0.346 e. The summed E-state index contributed by atoms with van der Waals surface area (Å²) in [7, 11) is 0. The molecule has 0 saturated carbocycles. The highest BCUT2D eigenvalue weighted by Crippen LogP contribution is 2.25. The summed E-state index contributed by atoms with van der Waals surface area (Å²) >= 11 is 6.71. The standard InChI is InChI=1S/C13H13ClF3N5OS/c1-7(11(23)19-6-13(15,16)17)24-12-21-20-10(22(12)18)8-2-4-9(14)5-3-8/h2-5,7H,6,18H2,1H3,(H,19,23). The molecule has 3 N–H and O–H groups in total. The van der Waals surface area contributed by atoms with Gasteiger partial charge in [-0.25, -0.2) is 4.68 Å². The monoisotopic (exact) mass is 379 g/mol. The number of hydrogen-bond donors (Lipinski definition) is 2. The maximum Gasteiger partial charge on any atom is 0.405 e. The minimum atomic E-state index is -4.46. The molecule has 1 aromatic heterocycles. The minimum absolute atomic E-state index is 0.203. The quantitative estimate of drug-likeness (QED) is 0.615. The average Bonchev–Trinajstić information content (AvgIpc) is 2.86. The molecular formula is C13H13ClF3N5OS. The van der Waals surface area contributed by atoms with Crippen molar-refractivity contribution < 1.29 is 18.0 Å². The van der Waals surface area contributed by atoms with Crippen molar-refractivity contribution in [3.05, 3.63) is 29.3 Å². The van der Waals surface area contributed by atoms with Crippen molar-refractivity contribution in [2.24, 2.45) is 0 Å². The summed E-state index contributed by atoms with van der Waals surface area (Å²) in [6.45, 7) is 0.0646. The summed E-state index contributed by atoms with van der Waals surface area (Å²) in [6.07, 6.45) is -4.46. The van der Waals surface area contributed by atoms with E-state index in [4.69, 9.17) is 17.4 Å². The molecule has 0 fully saturated rings. The lowest BCUT2D eigenvalue weighted by molar-refractivity contribution is -0.137. The predicted molar refractivity (Wildman–Crippen MR) is 85.0 cm³/mol. The number of carbonyl (C=O) groups excluding carboxylic acids is 1. The number of benzene rings is 1. The van der Waals surface area contributed by atoms with Gasteiger partial charge in [-0.05, 0) is 31.2 Å². The molecule has 1 atom stereocenters. The van der Waals surface area contributed by atoms with Gasteiger partial charge in [0, 0.05) is 10.6 Å². The van der Waals surface area contributed by atoms with E-state index in [0.717, 1.165) is 11.8 Å². The molecule has 1 unspecified atom stereocenters. The summed E-state index contributed by atoms with van der Waals surface area (Å²) in [5.74, 6) is 5.47. The van der Waals surface area contributed by atoms with Gasteiger partial charge in [0.1, 0.15) is 6.54 Å². The molecule has 6 nitrogen and oxygen atoms in total. The summed E-state index contributed by atoms with van der Waals surface area (Å²) < 4.78 is 37.5. The van der Waals surface area contributed by atoms with E-state index in [-0.39, 0.29) is 5.16 Å². The summed E-state index contributed by atoms with van der Waals surface area (Å²) in [6, 6.07) is 6.71. The predicted octanol–water partition coefficient (Wildman–Crippen LogP) is 2.47. The SMILES string of the molecule is CC(Sc1nnc(-c2ccc(Cl)cc2)n1N)C(=O)NCC(F)(F)F. The lowest BCUT2D eigenvalue weighted by atomic mass is 10.2. The number of thioether (sulfide) groups is 1. The van der Waals surface area contributed by atoms with E-state index < -0.39 is 23.9 Å². The van der Waals surface area contributed by atoms with Crippen LogP contribution in [0, 0.1) is 0 Å². The lowest BCUT2D eigenvalue weighted by Crippen LogP contribution is -2.38. The second-order valence-electron chi connectivity index (χ2n) is 4.78. The zero-order chi connectivity index (χ0) is 17.9. The van der Waals surface area contributed by atoms with Gasteiger partial charge in [0.2, 0.25) is 11.1 Å². The molecule has 24 heavy (non-hydrogen) atoms. The van der Waals surface area contributed by atoms with Crippen LogP contribution in [-0.2, 0) is 4.79 Å². The first-order valence-corrected chi connectivity index (χ1v) is 7.90. The Hall–Kier alpha value is -1.94. The number of nitrogen functional groups attached to an aromatic ring is 1. The van der Waals surface area contributed by atoms with Crippen molar-refractivity contribution in [1.82, 2.24) is 20.2 Å². The van der Waals surface area contributed by atoms with Gasteiger partial charge in [-0.3, -0.25) is 4.79 Å². The molecule has 0 saturated heterocycles. The molecule has 1 amide bonds. The van der Waals surface area contributed by atoms with Crippen LogP contribution >= 0.6 is 23.4 Å². The fourth-order valence-electron chi connectivity index (χ4n) is 1.70. The van der Waals surface area contributed by atoms with Gasteiger partial charge in [-0.2, -0.15) is 13.2 Å². The molecule has 0 aliphatic carbocycles. The zero-order valence-corrected chi connectivity index (χ0v) is 13.9. The highest BCUT2D eigenvalue weighted by Gasteiger charge is 2.29. The molecule has 130 valence electrons. The van der Waals surface area contributed by atoms with E-state index in [9.17, 15) is 18.0 Å². The minimum Gasteiger partial charge on any atom is -0.346 e. The van der Waals surface area contributed by atoms with Crippen molar-refractivity contribution in [2.45, 2.75) is 23.5 Å². The van der Waals surface area contributed by atoms with Crippen LogP contribution in [0.15, 0.2) is 29.4 Å². The largest absolute Gasteiger partial charge is 0.405 e. The van der Waals surface area contributed by atoms with Crippen LogP contribution in [0.2, 0.25) is 5.02 Å². The Bertz CT molecular complexity index is 719. The topological polar surface area (TPSA) is 85.8 Å². The van der Waals surface area contributed by atoms with Gasteiger partial charge < -0.3 is 11.2 Å². The number of hydrogen-bond acceptors (Lipinski definition) is 5. The van der Waals surface area contributed by atoms with Gasteiger partial charge in [-0.15, -0.1) is 10.2 Å². The first-order valence-electron chi connectivity index (χ1n) is 6.65. The maximum absolute atomic E-state index is 12.1. The summed E-state index contributed by atoms with van der Waals surface area (Å²) in [5.41, 5.74) is 0.662. The number of nitrogens with zero attached hydrogens (tertiary/aromatic N) is 3. The third kappa shape index (κ3) is 4.78. The molecule has 11 heteroatoms. The molecule has 0 aliphatic rings. The second-order valence-corrected chi connectivity index (χ2v) is 6.52. The van der Waals surface area contributed by atoms with Gasteiger partial charge in [0.25, 0.3) is 0 Å². The van der Waals surface area contributed by atoms with Gasteiger partial charge in [0.15, 0.2) is 5.82 Å². The zero-order valence-electron chi connectivity index (χ0n) is 12.3. The number of rotatable bonds is 5. The van der Waals surface area contributed by atoms with E-state index in [0.29, 0.717) is 16.4 Å². The van der Waals surface area contributed by atoms with Gasteiger partial charge >= 0.3 is 6.18 Å². The Morgan fingerprint density at radius 1 is 1.38 bits per heavy atom. The van der Waals surface area contributed by atoms with E-state index in [1.807, 2.05) is 5.32 Å². The van der Waals surface area contributed by atoms with Crippen molar-refractivity contribution in [2.75, 3.05) is 12.4 Å². The van der Waals surface area contributed by atoms with Crippen LogP contribution in [0.25, 0.3) is 11.4 Å². The highest BCUT2D eigenvalue weighted by molar-refractivity contribution is 8.00. The summed E-state index contributed by atoms with van der Waals surface area (Å²) in [4.78, 5) is 11.7. The van der Waals surface area contributed by atoms with E-state index in [1.165, 1.54) is 11.6 Å². The van der Waals surface area contributed by atoms with Crippen LogP contribution in [0.3, 0.4) is 0 Å². The molecule has 0 aliphatic heterocycles. The molecule has 1 aromatic carbocycles. The third-order valence-corrected chi connectivity index (χ3v) is 4.19. The molecule has 0 radical (unpaired) electrons. The van der Waals surface area contributed by atoms with E-state index >= 15 is 0 Å². The fraction of sp³-hybridized carbons (Fsp3) is 0.308. The Morgan fingerprint density at radius 2 is 2.00 bits per heavy atom. The Balaban J connectivity index is 2.05. The second kappa shape index (κ2) is 7.31.